The summed E-state index contributed by atoms with van der Waals surface area (Å²) >= 11 is 0. The molecule has 0 radical (unpaired) electrons. The highest BCUT2D eigenvalue weighted by molar-refractivity contribution is 7.39. The minimum Gasteiger partial charge on any atom is -0.474 e. The summed E-state index contributed by atoms with van der Waals surface area (Å²) < 4.78 is 49.2. The summed E-state index contributed by atoms with van der Waals surface area (Å²) in [4.78, 5) is 9.38. The molecule has 2 aliphatic heterocycles. The van der Waals surface area contributed by atoms with E-state index in [9.17, 15) is 13.2 Å². The number of nitrogens with one attached hydrogen (secondary N) is 1. The van der Waals surface area contributed by atoms with Gasteiger partial charge in [-0.3, -0.25) is 10.0 Å². The predicted octanol–water partition coefficient (Wildman–Crippen LogP) is 6.47. The van der Waals surface area contributed by atoms with E-state index in [2.05, 4.69) is 43.1 Å². The minimum atomic E-state index is -2.92. The number of alkyl halides is 3. The highest BCUT2D eigenvalue weighted by Gasteiger charge is 2.30. The molecule has 1 N–H and O–H groups in total. The second kappa shape index (κ2) is 15.2. The molecule has 0 bridgehead atoms. The molecule has 11 heteroatoms. The third-order valence-electron chi connectivity index (χ3n) is 5.64. The number of rotatable bonds is 8. The van der Waals surface area contributed by atoms with E-state index in [1.54, 1.807) is 24.3 Å². The van der Waals surface area contributed by atoms with Gasteiger partial charge in [-0.25, -0.2) is 14.8 Å². The minimum absolute atomic E-state index is 0.0433. The third-order valence-corrected chi connectivity index (χ3v) is 6.83. The average Bonchev–Trinajstić information content (AvgIpc) is 2.88. The van der Waals surface area contributed by atoms with E-state index in [1.807, 2.05) is 38.1 Å². The number of hydrazine groups is 1. The Morgan fingerprint density at radius 2 is 2.03 bits per heavy atom. The molecule has 0 saturated heterocycles. The molecule has 5 atom stereocenters. The fourth-order valence-corrected chi connectivity index (χ4v) is 4.76. The Kier molecular flexibility index (Phi) is 12.0. The van der Waals surface area contributed by atoms with Crippen LogP contribution in [0.5, 0.6) is 5.75 Å². The lowest BCUT2D eigenvalue weighted by atomic mass is 9.95. The summed E-state index contributed by atoms with van der Waals surface area (Å²) in [6.45, 7) is 7.06. The van der Waals surface area contributed by atoms with Crippen molar-refractivity contribution in [1.82, 2.24) is 10.4 Å². The van der Waals surface area contributed by atoms with Crippen molar-refractivity contribution in [3.05, 3.63) is 83.9 Å². The van der Waals surface area contributed by atoms with Gasteiger partial charge in [-0.1, -0.05) is 40.1 Å². The normalized spacial score (nSPS) is 22.6. The van der Waals surface area contributed by atoms with Gasteiger partial charge in [0.15, 0.2) is 0 Å². The molecule has 6 nitrogen and oxygen atoms in total. The van der Waals surface area contributed by atoms with Gasteiger partial charge < -0.3 is 9.47 Å². The molecular formula is C28H35F3N4O2P2. The maximum absolute atomic E-state index is 13.5. The molecule has 1 aromatic carbocycles. The Hall–Kier alpha value is -2.73. The first-order valence-corrected chi connectivity index (χ1v) is 14.7. The van der Waals surface area contributed by atoms with Gasteiger partial charge in [0.25, 0.3) is 0 Å². The number of allylic oxidation sites excluding steroid dienone is 4. The number of benzene rings is 1. The smallest absolute Gasteiger partial charge is 0.387 e. The number of hydrogen-bond donors (Lipinski definition) is 1. The Morgan fingerprint density at radius 1 is 1.28 bits per heavy atom. The highest BCUT2D eigenvalue weighted by Crippen LogP contribution is 2.37. The fraction of sp³-hybridized carbons (Fsp3) is 0.357. The summed E-state index contributed by atoms with van der Waals surface area (Å²) in [7, 11) is 2.81. The zero-order valence-corrected chi connectivity index (χ0v) is 24.4. The zero-order valence-electron chi connectivity index (χ0n) is 22.3. The van der Waals surface area contributed by atoms with Crippen molar-refractivity contribution in [3.63, 3.8) is 0 Å². The fourth-order valence-electron chi connectivity index (χ4n) is 3.98. The number of ether oxygens (including phenoxy) is 2. The van der Waals surface area contributed by atoms with Crippen LogP contribution in [0.2, 0.25) is 0 Å². The van der Waals surface area contributed by atoms with Crippen LogP contribution in [0.15, 0.2) is 88.3 Å². The largest absolute Gasteiger partial charge is 0.474 e. The molecule has 0 amide bonds. The maximum atomic E-state index is 13.5. The molecule has 1 aromatic rings. The van der Waals surface area contributed by atoms with Crippen molar-refractivity contribution in [3.8, 4) is 5.75 Å². The molecule has 0 aromatic heterocycles. The monoisotopic (exact) mass is 578 g/mol. The van der Waals surface area contributed by atoms with E-state index in [-0.39, 0.29) is 30.3 Å². The molecule has 0 spiro atoms. The van der Waals surface area contributed by atoms with Crippen molar-refractivity contribution in [1.29, 1.82) is 0 Å². The van der Waals surface area contributed by atoms with Crippen LogP contribution in [0, 0.1) is 0 Å². The van der Waals surface area contributed by atoms with Gasteiger partial charge in [-0.2, -0.15) is 8.78 Å². The number of aliphatic imine (C=N–C) groups is 2. The standard InChI is InChI=1S/C28H35F3N4O2P2/c1-5-7-25(36-17-24(29)38)33-27-19(3)34-35(22-8-6-14-39-15-13-32-18(2)16-22)20(4)26(27)21-9-11-23(12-10-21)37-28(30)31/h5-13,16,18-19,24,28,34,39H,4,14-15,17,38H2,1-3H3/b7-5-,8-6?,22-16?,32-13?,33-25?/t18?,19-,24?/m0/s1. The molecule has 0 fully saturated rings. The topological polar surface area (TPSA) is 58.5 Å². The van der Waals surface area contributed by atoms with Gasteiger partial charge in [0.1, 0.15) is 18.3 Å². The summed E-state index contributed by atoms with van der Waals surface area (Å²) in [5.41, 5.74) is 6.90. The predicted molar refractivity (Wildman–Crippen MR) is 160 cm³/mol. The first-order valence-electron chi connectivity index (χ1n) is 12.6. The highest BCUT2D eigenvalue weighted by atomic mass is 31.1. The average molecular weight is 579 g/mol. The van der Waals surface area contributed by atoms with Gasteiger partial charge in [0, 0.05) is 17.9 Å². The van der Waals surface area contributed by atoms with Crippen molar-refractivity contribution in [2.75, 3.05) is 18.9 Å². The Bertz CT molecular complexity index is 1180. The van der Waals surface area contributed by atoms with Crippen LogP contribution < -0.4 is 10.2 Å². The summed E-state index contributed by atoms with van der Waals surface area (Å²) in [6.07, 6.45) is 13.5. The Morgan fingerprint density at radius 3 is 2.69 bits per heavy atom. The van der Waals surface area contributed by atoms with Gasteiger partial charge in [-0.15, -0.1) is 8.58 Å². The summed E-state index contributed by atoms with van der Waals surface area (Å²) in [5.74, 6) is -0.966. The molecule has 210 valence electrons. The van der Waals surface area contributed by atoms with Crippen LogP contribution >= 0.6 is 17.8 Å². The van der Waals surface area contributed by atoms with Crippen LogP contribution in [0.4, 0.5) is 13.2 Å². The van der Waals surface area contributed by atoms with Crippen molar-refractivity contribution in [2.45, 2.75) is 45.4 Å². The molecule has 4 unspecified atom stereocenters. The number of halogens is 3. The van der Waals surface area contributed by atoms with Gasteiger partial charge in [0.2, 0.25) is 5.90 Å². The van der Waals surface area contributed by atoms with Crippen LogP contribution in [0.25, 0.3) is 5.57 Å². The van der Waals surface area contributed by atoms with E-state index in [0.717, 1.165) is 26.6 Å². The van der Waals surface area contributed by atoms with Crippen molar-refractivity contribution >= 4 is 35.5 Å². The molecule has 2 aliphatic rings. The lowest BCUT2D eigenvalue weighted by Gasteiger charge is -2.38. The van der Waals surface area contributed by atoms with Gasteiger partial charge in [-0.05, 0) is 62.9 Å². The first kappa shape index (κ1) is 30.8. The van der Waals surface area contributed by atoms with Gasteiger partial charge in [0.05, 0.1) is 29.2 Å². The van der Waals surface area contributed by atoms with E-state index in [0.29, 0.717) is 22.5 Å². The number of nitrogens with zero attached hydrogens (tertiary/aromatic N) is 3. The molecule has 2 heterocycles. The Labute approximate surface area is 232 Å². The SMILES string of the molecule is C=C1C(c2ccc(OC(F)F)cc2)=C(N=C(/C=C\C)OCC(F)P)[C@H](C)NN1C1=CC(C)N=CCPCC=C1. The lowest BCUT2D eigenvalue weighted by molar-refractivity contribution is -0.0498. The molecule has 0 saturated carbocycles. The summed E-state index contributed by atoms with van der Waals surface area (Å²) in [5, 5.41) is 1.90. The van der Waals surface area contributed by atoms with E-state index >= 15 is 0 Å². The van der Waals surface area contributed by atoms with Crippen molar-refractivity contribution < 1.29 is 22.6 Å². The second-order valence-electron chi connectivity index (χ2n) is 8.80. The van der Waals surface area contributed by atoms with E-state index in [4.69, 9.17) is 9.73 Å². The van der Waals surface area contributed by atoms with E-state index in [1.165, 1.54) is 12.1 Å². The summed E-state index contributed by atoms with van der Waals surface area (Å²) in [6, 6.07) is 5.95. The lowest BCUT2D eigenvalue weighted by Crippen LogP contribution is -2.46. The molecule has 3 rings (SSSR count). The van der Waals surface area contributed by atoms with Crippen LogP contribution in [0.1, 0.15) is 26.3 Å². The molecule has 39 heavy (non-hydrogen) atoms. The maximum Gasteiger partial charge on any atom is 0.387 e. The third kappa shape index (κ3) is 9.16. The second-order valence-corrected chi connectivity index (χ2v) is 10.8. The molecular weight excluding hydrogens is 543 g/mol. The molecule has 0 aliphatic carbocycles. The zero-order chi connectivity index (χ0) is 28.4. The number of hydrogen-bond acceptors (Lipinski definition) is 6. The van der Waals surface area contributed by atoms with Crippen LogP contribution in [0.3, 0.4) is 0 Å². The Balaban J connectivity index is 2.14. The van der Waals surface area contributed by atoms with Gasteiger partial charge >= 0.3 is 6.61 Å². The quantitative estimate of drug-likeness (QED) is 0.218. The van der Waals surface area contributed by atoms with Crippen LogP contribution in [-0.4, -0.2) is 60.7 Å². The first-order chi connectivity index (χ1) is 18.7. The van der Waals surface area contributed by atoms with E-state index < -0.39 is 12.5 Å². The van der Waals surface area contributed by atoms with Crippen molar-refractivity contribution in [2.24, 2.45) is 9.98 Å². The van der Waals surface area contributed by atoms with Crippen LogP contribution in [-0.2, 0) is 4.74 Å².